The van der Waals surface area contributed by atoms with Crippen LogP contribution in [0.1, 0.15) is 40.5 Å². The SMILES string of the molecule is CCCCOC(=O)c1ccc(NC(=O)CSc2ccc(NC(=O)c3cccc(OC)c3)cc2)cc1. The summed E-state index contributed by atoms with van der Waals surface area (Å²) in [6, 6.07) is 20.8. The van der Waals surface area contributed by atoms with Crippen molar-refractivity contribution in [3.63, 3.8) is 0 Å². The van der Waals surface area contributed by atoms with Gasteiger partial charge in [-0.05, 0) is 73.2 Å². The number of benzene rings is 3. The number of thioether (sulfide) groups is 1. The Morgan fingerprint density at radius 3 is 2.23 bits per heavy atom. The molecular formula is C27H28N2O5S. The number of esters is 1. The lowest BCUT2D eigenvalue weighted by Crippen LogP contribution is -2.14. The van der Waals surface area contributed by atoms with Crippen LogP contribution >= 0.6 is 11.8 Å². The first-order chi connectivity index (χ1) is 17.0. The van der Waals surface area contributed by atoms with Crippen molar-refractivity contribution in [3.05, 3.63) is 83.9 Å². The lowest BCUT2D eigenvalue weighted by Gasteiger charge is -2.09. The van der Waals surface area contributed by atoms with Gasteiger partial charge >= 0.3 is 5.97 Å². The van der Waals surface area contributed by atoms with E-state index >= 15 is 0 Å². The summed E-state index contributed by atoms with van der Waals surface area (Å²) in [5, 5.41) is 5.66. The van der Waals surface area contributed by atoms with Gasteiger partial charge in [0.25, 0.3) is 5.91 Å². The van der Waals surface area contributed by atoms with Gasteiger partial charge in [-0.2, -0.15) is 0 Å². The molecular weight excluding hydrogens is 464 g/mol. The number of rotatable bonds is 11. The molecule has 8 heteroatoms. The maximum Gasteiger partial charge on any atom is 0.338 e. The quantitative estimate of drug-likeness (QED) is 0.205. The van der Waals surface area contributed by atoms with Gasteiger partial charge in [-0.15, -0.1) is 11.8 Å². The molecule has 3 aromatic rings. The highest BCUT2D eigenvalue weighted by Crippen LogP contribution is 2.22. The molecule has 0 unspecified atom stereocenters. The molecule has 0 bridgehead atoms. The van der Waals surface area contributed by atoms with E-state index in [1.165, 1.54) is 11.8 Å². The van der Waals surface area contributed by atoms with Crippen LogP contribution in [0.25, 0.3) is 0 Å². The van der Waals surface area contributed by atoms with Crippen molar-refractivity contribution < 1.29 is 23.9 Å². The zero-order chi connectivity index (χ0) is 25.0. The standard InChI is InChI=1S/C27H28N2O5S/c1-3-4-16-34-27(32)19-8-10-21(11-9-19)28-25(30)18-35-24-14-12-22(13-15-24)29-26(31)20-6-5-7-23(17-20)33-2/h5-15,17H,3-4,16,18H2,1-2H3,(H,28,30)(H,29,31). The van der Waals surface area contributed by atoms with Gasteiger partial charge in [0.15, 0.2) is 0 Å². The summed E-state index contributed by atoms with van der Waals surface area (Å²) in [6.07, 6.45) is 1.79. The van der Waals surface area contributed by atoms with Gasteiger partial charge in [0, 0.05) is 21.8 Å². The van der Waals surface area contributed by atoms with E-state index in [1.54, 1.807) is 67.8 Å². The van der Waals surface area contributed by atoms with Crippen molar-refractivity contribution in [2.24, 2.45) is 0 Å². The maximum atomic E-state index is 12.4. The maximum absolute atomic E-state index is 12.4. The molecule has 3 aromatic carbocycles. The predicted octanol–water partition coefficient (Wildman–Crippen LogP) is 5.64. The number of hydrogen-bond acceptors (Lipinski definition) is 6. The smallest absolute Gasteiger partial charge is 0.338 e. The summed E-state index contributed by atoms with van der Waals surface area (Å²) in [4.78, 5) is 37.6. The normalized spacial score (nSPS) is 10.3. The summed E-state index contributed by atoms with van der Waals surface area (Å²) in [7, 11) is 1.55. The zero-order valence-electron chi connectivity index (χ0n) is 19.7. The van der Waals surface area contributed by atoms with Gasteiger partial charge in [0.1, 0.15) is 5.75 Å². The molecule has 0 radical (unpaired) electrons. The highest BCUT2D eigenvalue weighted by molar-refractivity contribution is 8.00. The molecule has 0 aliphatic heterocycles. The third-order valence-electron chi connectivity index (χ3n) is 4.95. The Hall–Kier alpha value is -3.78. The predicted molar refractivity (Wildman–Crippen MR) is 138 cm³/mol. The third kappa shape index (κ3) is 8.19. The Bertz CT molecular complexity index is 1150. The molecule has 7 nitrogen and oxygen atoms in total. The molecule has 0 atom stereocenters. The van der Waals surface area contributed by atoms with Gasteiger partial charge in [-0.3, -0.25) is 9.59 Å². The molecule has 0 fully saturated rings. The Kier molecular flexibility index (Phi) is 9.74. The first-order valence-electron chi connectivity index (χ1n) is 11.2. The second kappa shape index (κ2) is 13.2. The number of ether oxygens (including phenoxy) is 2. The van der Waals surface area contributed by atoms with Crippen molar-refractivity contribution in [1.29, 1.82) is 0 Å². The summed E-state index contributed by atoms with van der Waals surface area (Å²) < 4.78 is 10.3. The van der Waals surface area contributed by atoms with Crippen LogP contribution in [-0.4, -0.2) is 37.3 Å². The van der Waals surface area contributed by atoms with E-state index in [1.807, 2.05) is 19.1 Å². The van der Waals surface area contributed by atoms with Gasteiger partial charge in [0.2, 0.25) is 5.91 Å². The lowest BCUT2D eigenvalue weighted by molar-refractivity contribution is -0.113. The average Bonchev–Trinajstić information content (AvgIpc) is 2.88. The fourth-order valence-corrected chi connectivity index (χ4v) is 3.73. The van der Waals surface area contributed by atoms with E-state index in [4.69, 9.17) is 9.47 Å². The van der Waals surface area contributed by atoms with Crippen molar-refractivity contribution in [2.75, 3.05) is 30.1 Å². The van der Waals surface area contributed by atoms with Crippen LogP contribution in [0.2, 0.25) is 0 Å². The Balaban J connectivity index is 1.45. The molecule has 0 spiro atoms. The molecule has 0 saturated carbocycles. The van der Waals surface area contributed by atoms with Crippen molar-refractivity contribution in [2.45, 2.75) is 24.7 Å². The summed E-state index contributed by atoms with van der Waals surface area (Å²) in [5.41, 5.74) is 2.21. The Labute approximate surface area is 209 Å². The first kappa shape index (κ1) is 25.8. The Morgan fingerprint density at radius 1 is 0.857 bits per heavy atom. The highest BCUT2D eigenvalue weighted by atomic mass is 32.2. The topological polar surface area (TPSA) is 93.7 Å². The molecule has 0 aromatic heterocycles. The molecule has 0 heterocycles. The monoisotopic (exact) mass is 492 g/mol. The summed E-state index contributed by atoms with van der Waals surface area (Å²) in [5.74, 6) is 0.0715. The number of nitrogens with one attached hydrogen (secondary N) is 2. The van der Waals surface area contributed by atoms with E-state index in [-0.39, 0.29) is 23.5 Å². The number of anilines is 2. The highest BCUT2D eigenvalue weighted by Gasteiger charge is 2.10. The van der Waals surface area contributed by atoms with Gasteiger partial charge in [0.05, 0.1) is 25.0 Å². The number of carbonyl (C=O) groups is 3. The van der Waals surface area contributed by atoms with Crippen LogP contribution in [0.4, 0.5) is 11.4 Å². The van der Waals surface area contributed by atoms with Crippen LogP contribution < -0.4 is 15.4 Å². The van der Waals surface area contributed by atoms with E-state index < -0.39 is 0 Å². The van der Waals surface area contributed by atoms with E-state index in [0.29, 0.717) is 34.9 Å². The van der Waals surface area contributed by atoms with Crippen LogP contribution in [-0.2, 0) is 9.53 Å². The molecule has 35 heavy (non-hydrogen) atoms. The summed E-state index contributed by atoms with van der Waals surface area (Å²) in [6.45, 7) is 2.43. The van der Waals surface area contributed by atoms with Crippen molar-refractivity contribution >= 4 is 40.9 Å². The third-order valence-corrected chi connectivity index (χ3v) is 5.96. The van der Waals surface area contributed by atoms with Gasteiger partial charge in [-0.1, -0.05) is 19.4 Å². The minimum atomic E-state index is -0.366. The van der Waals surface area contributed by atoms with Crippen LogP contribution in [0.15, 0.2) is 77.7 Å². The minimum absolute atomic E-state index is 0.163. The minimum Gasteiger partial charge on any atom is -0.497 e. The van der Waals surface area contributed by atoms with E-state index in [9.17, 15) is 14.4 Å². The van der Waals surface area contributed by atoms with Crippen LogP contribution in [0, 0.1) is 0 Å². The fourth-order valence-electron chi connectivity index (χ4n) is 3.03. The van der Waals surface area contributed by atoms with Crippen LogP contribution in [0.3, 0.4) is 0 Å². The molecule has 0 aliphatic rings. The van der Waals surface area contributed by atoms with Gasteiger partial charge < -0.3 is 20.1 Å². The molecule has 0 aliphatic carbocycles. The number of hydrogen-bond donors (Lipinski definition) is 2. The summed E-state index contributed by atoms with van der Waals surface area (Å²) >= 11 is 1.38. The molecule has 3 rings (SSSR count). The second-order valence-corrected chi connectivity index (χ2v) is 8.66. The lowest BCUT2D eigenvalue weighted by atomic mass is 10.2. The molecule has 0 saturated heterocycles. The molecule has 2 N–H and O–H groups in total. The first-order valence-corrected chi connectivity index (χ1v) is 12.2. The van der Waals surface area contributed by atoms with Crippen molar-refractivity contribution in [3.8, 4) is 5.75 Å². The Morgan fingerprint density at radius 2 is 1.54 bits per heavy atom. The number of carbonyl (C=O) groups excluding carboxylic acids is 3. The largest absolute Gasteiger partial charge is 0.497 e. The van der Waals surface area contributed by atoms with Crippen LogP contribution in [0.5, 0.6) is 5.75 Å². The van der Waals surface area contributed by atoms with E-state index in [2.05, 4.69) is 10.6 Å². The van der Waals surface area contributed by atoms with Gasteiger partial charge in [-0.25, -0.2) is 4.79 Å². The fraction of sp³-hybridized carbons (Fsp3) is 0.222. The van der Waals surface area contributed by atoms with Crippen molar-refractivity contribution in [1.82, 2.24) is 0 Å². The number of methoxy groups -OCH3 is 1. The molecule has 182 valence electrons. The number of unbranched alkanes of at least 4 members (excludes halogenated alkanes) is 1. The average molecular weight is 493 g/mol. The zero-order valence-corrected chi connectivity index (χ0v) is 20.5. The number of amides is 2. The van der Waals surface area contributed by atoms with E-state index in [0.717, 1.165) is 17.7 Å². The second-order valence-electron chi connectivity index (χ2n) is 7.61. The molecule has 2 amide bonds.